The molecule has 1 aromatic heterocycles. The summed E-state index contributed by atoms with van der Waals surface area (Å²) >= 11 is 0. The highest BCUT2D eigenvalue weighted by Crippen LogP contribution is 2.53. The van der Waals surface area contributed by atoms with Crippen molar-refractivity contribution in [3.8, 4) is 11.1 Å². The Labute approximate surface area is 197 Å². The number of carbonyl (C=O) groups excluding carboxylic acids is 2. The summed E-state index contributed by atoms with van der Waals surface area (Å²) in [5, 5.41) is 0.813. The molecule has 2 aliphatic carbocycles. The van der Waals surface area contributed by atoms with E-state index in [2.05, 4.69) is 11.6 Å². The number of hydrogen-bond donors (Lipinski definition) is 2. The monoisotopic (exact) mass is 457 g/mol. The van der Waals surface area contributed by atoms with Crippen LogP contribution in [0.3, 0.4) is 0 Å². The van der Waals surface area contributed by atoms with Crippen molar-refractivity contribution < 1.29 is 14.0 Å². The lowest BCUT2D eigenvalue weighted by atomic mass is 9.60. The van der Waals surface area contributed by atoms with Gasteiger partial charge in [0.05, 0.1) is 11.1 Å². The van der Waals surface area contributed by atoms with Crippen LogP contribution in [0.25, 0.3) is 22.0 Å². The number of aryl methyl sites for hydroxylation is 1. The highest BCUT2D eigenvalue weighted by atomic mass is 19.1. The third-order valence-electron chi connectivity index (χ3n) is 8.38. The number of nitrogens with zero attached hydrogens (tertiary/aromatic N) is 1. The van der Waals surface area contributed by atoms with Gasteiger partial charge in [-0.2, -0.15) is 0 Å². The molecule has 0 unspecified atom stereocenters. The van der Waals surface area contributed by atoms with Crippen LogP contribution < -0.4 is 5.73 Å². The molecule has 5 nitrogen and oxygen atoms in total. The van der Waals surface area contributed by atoms with Crippen LogP contribution in [0.15, 0.2) is 36.9 Å². The lowest BCUT2D eigenvalue weighted by molar-refractivity contribution is -0.126. The summed E-state index contributed by atoms with van der Waals surface area (Å²) in [5.74, 6) is -1.14. The molecule has 1 fully saturated rings. The lowest BCUT2D eigenvalue weighted by Crippen LogP contribution is -2.35. The van der Waals surface area contributed by atoms with Gasteiger partial charge >= 0.3 is 0 Å². The second kappa shape index (κ2) is 7.55. The standard InChI is InChI=1S/C28H28FN3O2/c1-2-23(33)32-12-8-17-16(15-32)5-3-6-18(17)24-21(29)13-19(27(30)34)26-25(24)20-14-28(9-4-10-28)11-7-22(20)31-26/h2-3,5-6,13,31H,1,4,7-12,14-15H2,(H2,30,34). The fourth-order valence-corrected chi connectivity index (χ4v) is 6.44. The number of nitrogens with two attached hydrogens (primary N) is 1. The number of fused-ring (bicyclic) bond motifs is 4. The van der Waals surface area contributed by atoms with Crippen molar-refractivity contribution in [3.63, 3.8) is 0 Å². The number of aromatic amines is 1. The quantitative estimate of drug-likeness (QED) is 0.554. The van der Waals surface area contributed by atoms with E-state index >= 15 is 4.39 Å². The molecule has 2 aromatic carbocycles. The van der Waals surface area contributed by atoms with Crippen LogP contribution in [0, 0.1) is 11.2 Å². The predicted molar refractivity (Wildman–Crippen MR) is 130 cm³/mol. The smallest absolute Gasteiger partial charge is 0.250 e. The summed E-state index contributed by atoms with van der Waals surface area (Å²) in [7, 11) is 0. The maximum absolute atomic E-state index is 15.9. The number of H-pyrrole nitrogens is 1. The first-order chi connectivity index (χ1) is 16.4. The highest BCUT2D eigenvalue weighted by Gasteiger charge is 2.41. The Morgan fingerprint density at radius 3 is 2.71 bits per heavy atom. The van der Waals surface area contributed by atoms with Crippen molar-refractivity contribution in [2.75, 3.05) is 6.54 Å². The molecule has 174 valence electrons. The van der Waals surface area contributed by atoms with Gasteiger partial charge in [0.1, 0.15) is 5.82 Å². The number of hydrogen-bond acceptors (Lipinski definition) is 2. The molecule has 3 N–H and O–H groups in total. The first kappa shape index (κ1) is 21.1. The lowest BCUT2D eigenvalue weighted by Gasteiger charge is -2.45. The molecule has 0 bridgehead atoms. The second-order valence-electron chi connectivity index (χ2n) is 10.2. The third-order valence-corrected chi connectivity index (χ3v) is 8.38. The molecule has 2 heterocycles. The highest BCUT2D eigenvalue weighted by molar-refractivity contribution is 6.11. The van der Waals surface area contributed by atoms with Crippen molar-refractivity contribution in [3.05, 3.63) is 70.7 Å². The molecular weight excluding hydrogens is 429 g/mol. The van der Waals surface area contributed by atoms with Crippen molar-refractivity contribution >= 4 is 22.7 Å². The molecule has 1 spiro atoms. The number of amides is 2. The van der Waals surface area contributed by atoms with Crippen LogP contribution in [0.1, 0.15) is 58.4 Å². The number of halogens is 1. The summed E-state index contributed by atoms with van der Waals surface area (Å²) in [4.78, 5) is 29.7. The summed E-state index contributed by atoms with van der Waals surface area (Å²) in [6.45, 7) is 4.64. The van der Waals surface area contributed by atoms with E-state index in [9.17, 15) is 9.59 Å². The largest absolute Gasteiger partial charge is 0.366 e. The van der Waals surface area contributed by atoms with Crippen molar-refractivity contribution in [1.29, 1.82) is 0 Å². The average molecular weight is 458 g/mol. The molecule has 3 aromatic rings. The summed E-state index contributed by atoms with van der Waals surface area (Å²) < 4.78 is 15.9. The molecule has 0 atom stereocenters. The van der Waals surface area contributed by atoms with Crippen LogP contribution in [-0.4, -0.2) is 28.2 Å². The molecule has 1 saturated carbocycles. The van der Waals surface area contributed by atoms with Crippen molar-refractivity contribution in [1.82, 2.24) is 9.88 Å². The topological polar surface area (TPSA) is 79.2 Å². The van der Waals surface area contributed by atoms with Gasteiger partial charge in [-0.3, -0.25) is 9.59 Å². The van der Waals surface area contributed by atoms with Crippen LogP contribution in [0.4, 0.5) is 4.39 Å². The number of benzene rings is 2. The van der Waals surface area contributed by atoms with Gasteiger partial charge in [0.15, 0.2) is 0 Å². The van der Waals surface area contributed by atoms with Gasteiger partial charge in [-0.05, 0) is 78.3 Å². The Morgan fingerprint density at radius 2 is 2.00 bits per heavy atom. The molecule has 1 aliphatic heterocycles. The Kier molecular flexibility index (Phi) is 4.70. The van der Waals surface area contributed by atoms with Gasteiger partial charge in [-0.1, -0.05) is 31.2 Å². The van der Waals surface area contributed by atoms with Crippen molar-refractivity contribution in [2.45, 2.75) is 51.5 Å². The zero-order valence-electron chi connectivity index (χ0n) is 19.2. The third kappa shape index (κ3) is 3.04. The number of nitrogens with one attached hydrogen (secondary N) is 1. The Balaban J connectivity index is 1.58. The molecule has 3 aliphatic rings. The number of carbonyl (C=O) groups is 2. The minimum Gasteiger partial charge on any atom is -0.366 e. The van der Waals surface area contributed by atoms with E-state index in [-0.39, 0.29) is 11.5 Å². The Morgan fingerprint density at radius 1 is 1.18 bits per heavy atom. The molecule has 6 heteroatoms. The SMILES string of the molecule is C=CC(=O)N1CCc2c(cccc2-c2c(F)cc(C(N)=O)c3[nH]c4c(c23)CC2(CCC2)CC4)C1. The number of primary amides is 1. The van der Waals surface area contributed by atoms with E-state index < -0.39 is 11.7 Å². The minimum atomic E-state index is -0.624. The first-order valence-corrected chi connectivity index (χ1v) is 12.1. The Hall–Kier alpha value is -3.41. The van der Waals surface area contributed by atoms with Gasteiger partial charge in [0, 0.05) is 29.7 Å². The molecular formula is C28H28FN3O2. The van der Waals surface area contributed by atoms with Crippen LogP contribution in [0.2, 0.25) is 0 Å². The van der Waals surface area contributed by atoms with E-state index in [4.69, 9.17) is 5.73 Å². The summed E-state index contributed by atoms with van der Waals surface area (Å²) in [5.41, 5.74) is 12.6. The average Bonchev–Trinajstić information content (AvgIpc) is 3.19. The maximum Gasteiger partial charge on any atom is 0.250 e. The van der Waals surface area contributed by atoms with E-state index in [0.29, 0.717) is 36.0 Å². The molecule has 2 amide bonds. The van der Waals surface area contributed by atoms with Crippen LogP contribution in [-0.2, 0) is 30.6 Å². The van der Waals surface area contributed by atoms with Crippen LogP contribution >= 0.6 is 0 Å². The van der Waals surface area contributed by atoms with E-state index in [0.717, 1.165) is 52.6 Å². The van der Waals surface area contributed by atoms with Gasteiger partial charge in [-0.15, -0.1) is 0 Å². The fourth-order valence-electron chi connectivity index (χ4n) is 6.44. The molecule has 0 saturated heterocycles. The van der Waals surface area contributed by atoms with E-state index in [1.165, 1.54) is 31.4 Å². The van der Waals surface area contributed by atoms with E-state index in [1.807, 2.05) is 18.2 Å². The van der Waals surface area contributed by atoms with Gasteiger partial charge in [0.2, 0.25) is 5.91 Å². The molecule has 6 rings (SSSR count). The fraction of sp³-hybridized carbons (Fsp3) is 0.357. The van der Waals surface area contributed by atoms with E-state index in [1.54, 1.807) is 4.90 Å². The minimum absolute atomic E-state index is 0.0964. The summed E-state index contributed by atoms with van der Waals surface area (Å²) in [6.07, 6.45) is 8.59. The first-order valence-electron chi connectivity index (χ1n) is 12.1. The number of aromatic nitrogens is 1. The van der Waals surface area contributed by atoms with Gasteiger partial charge in [0.25, 0.3) is 5.91 Å². The maximum atomic E-state index is 15.9. The molecule has 0 radical (unpaired) electrons. The van der Waals surface area contributed by atoms with Crippen molar-refractivity contribution in [2.24, 2.45) is 11.1 Å². The Bertz CT molecular complexity index is 1380. The normalized spacial score (nSPS) is 18.3. The summed E-state index contributed by atoms with van der Waals surface area (Å²) in [6, 6.07) is 7.18. The zero-order chi connectivity index (χ0) is 23.6. The molecule has 34 heavy (non-hydrogen) atoms. The van der Waals surface area contributed by atoms with Gasteiger partial charge < -0.3 is 15.6 Å². The predicted octanol–water partition coefficient (Wildman–Crippen LogP) is 4.80. The van der Waals surface area contributed by atoms with Crippen LogP contribution in [0.5, 0.6) is 0 Å². The second-order valence-corrected chi connectivity index (χ2v) is 10.2. The van der Waals surface area contributed by atoms with Gasteiger partial charge in [-0.25, -0.2) is 4.39 Å². The zero-order valence-corrected chi connectivity index (χ0v) is 19.2. The number of rotatable bonds is 3.